The molecular weight excluding hydrogens is 302 g/mol. The van der Waals surface area contributed by atoms with Gasteiger partial charge in [-0.15, -0.1) is 0 Å². The Kier molecular flexibility index (Phi) is 6.78. The van der Waals surface area contributed by atoms with Gasteiger partial charge in [0.1, 0.15) is 0 Å². The number of amides is 1. The fourth-order valence-electron chi connectivity index (χ4n) is 3.26. The van der Waals surface area contributed by atoms with Gasteiger partial charge < -0.3 is 19.8 Å². The van der Waals surface area contributed by atoms with Crippen molar-refractivity contribution in [2.45, 2.75) is 6.92 Å². The van der Waals surface area contributed by atoms with Gasteiger partial charge in [-0.1, -0.05) is 17.7 Å². The summed E-state index contributed by atoms with van der Waals surface area (Å²) >= 11 is 0. The third kappa shape index (κ3) is 5.03. The van der Waals surface area contributed by atoms with Gasteiger partial charge in [0.2, 0.25) is 0 Å². The van der Waals surface area contributed by atoms with Crippen LogP contribution in [0.5, 0.6) is 0 Å². The van der Waals surface area contributed by atoms with Crippen LogP contribution in [0.1, 0.15) is 15.9 Å². The maximum Gasteiger partial charge on any atom is 0.253 e. The molecule has 1 aromatic rings. The largest absolute Gasteiger partial charge is 0.396 e. The molecule has 5 nitrogen and oxygen atoms in total. The lowest BCUT2D eigenvalue weighted by atomic mass is 9.96. The van der Waals surface area contributed by atoms with E-state index in [0.29, 0.717) is 12.5 Å². The van der Waals surface area contributed by atoms with E-state index in [0.717, 1.165) is 37.3 Å². The van der Waals surface area contributed by atoms with Gasteiger partial charge in [0.15, 0.2) is 0 Å². The predicted octanol–water partition coefficient (Wildman–Crippen LogP) is 1.17. The van der Waals surface area contributed by atoms with Crippen LogP contribution in [-0.2, 0) is 0 Å². The number of rotatable bonds is 7. The average molecular weight is 333 g/mol. The first-order valence-corrected chi connectivity index (χ1v) is 8.70. The summed E-state index contributed by atoms with van der Waals surface area (Å²) in [5.74, 6) is 0.574. The minimum absolute atomic E-state index is 0.0758. The Morgan fingerprint density at radius 1 is 1.12 bits per heavy atom. The highest BCUT2D eigenvalue weighted by atomic mass is 16.3. The number of hydrogen-bond acceptors (Lipinski definition) is 4. The van der Waals surface area contributed by atoms with Crippen LogP contribution >= 0.6 is 0 Å². The number of hydrogen-bond donors (Lipinski definition) is 1. The Morgan fingerprint density at radius 2 is 1.75 bits per heavy atom. The van der Waals surface area contributed by atoms with Gasteiger partial charge in [-0.25, -0.2) is 0 Å². The van der Waals surface area contributed by atoms with Gasteiger partial charge in [0, 0.05) is 50.8 Å². The van der Waals surface area contributed by atoms with E-state index < -0.39 is 0 Å². The molecule has 0 aliphatic carbocycles. The molecule has 0 bridgehead atoms. The number of aryl methyl sites for hydroxylation is 1. The molecule has 1 aliphatic rings. The molecule has 1 N–H and O–H groups in total. The normalized spacial score (nSPS) is 21.0. The van der Waals surface area contributed by atoms with Crippen molar-refractivity contribution in [2.75, 3.05) is 60.5 Å². The Labute approximate surface area is 145 Å². The summed E-state index contributed by atoms with van der Waals surface area (Å²) in [7, 11) is 6.26. The zero-order chi connectivity index (χ0) is 17.7. The molecule has 1 fully saturated rings. The fourth-order valence-corrected chi connectivity index (χ4v) is 3.26. The second-order valence-electron chi connectivity index (χ2n) is 7.34. The van der Waals surface area contributed by atoms with Gasteiger partial charge in [0.05, 0.1) is 0 Å². The summed E-state index contributed by atoms with van der Waals surface area (Å²) in [5, 5.41) is 9.71. The van der Waals surface area contributed by atoms with Crippen LogP contribution in [0.4, 0.5) is 0 Å². The molecule has 1 aliphatic heterocycles. The van der Waals surface area contributed by atoms with Crippen LogP contribution < -0.4 is 0 Å². The standard InChI is InChI=1S/C19H31N3O2/c1-15-5-7-16(8-6-15)19(24)22-12-17(18(13-22)14-23)11-21(4)10-9-20(2)3/h5-8,17-18,23H,9-14H2,1-4H3/t17-,18-/m1/s1. The molecule has 0 unspecified atom stereocenters. The molecule has 0 saturated carbocycles. The van der Waals surface area contributed by atoms with Crippen LogP contribution in [0.25, 0.3) is 0 Å². The van der Waals surface area contributed by atoms with Crippen molar-refractivity contribution in [1.29, 1.82) is 0 Å². The third-order valence-electron chi connectivity index (χ3n) is 4.87. The zero-order valence-electron chi connectivity index (χ0n) is 15.4. The monoisotopic (exact) mass is 333 g/mol. The smallest absolute Gasteiger partial charge is 0.253 e. The van der Waals surface area contributed by atoms with E-state index in [1.807, 2.05) is 36.1 Å². The third-order valence-corrected chi connectivity index (χ3v) is 4.87. The first kappa shape index (κ1) is 18.9. The lowest BCUT2D eigenvalue weighted by Gasteiger charge is -2.25. The highest BCUT2D eigenvalue weighted by Crippen LogP contribution is 2.25. The molecule has 5 heteroatoms. The number of likely N-dealkylation sites (N-methyl/N-ethyl adjacent to an activating group) is 2. The minimum Gasteiger partial charge on any atom is -0.396 e. The summed E-state index contributed by atoms with van der Waals surface area (Å²) in [5.41, 5.74) is 1.89. The number of likely N-dealkylation sites (tertiary alicyclic amines) is 1. The Morgan fingerprint density at radius 3 is 2.33 bits per heavy atom. The lowest BCUT2D eigenvalue weighted by Crippen LogP contribution is -2.35. The minimum atomic E-state index is 0.0758. The van der Waals surface area contributed by atoms with Crippen LogP contribution in [0.3, 0.4) is 0 Å². The zero-order valence-corrected chi connectivity index (χ0v) is 15.4. The second-order valence-corrected chi connectivity index (χ2v) is 7.34. The number of carbonyl (C=O) groups excluding carboxylic acids is 1. The molecule has 1 amide bonds. The Balaban J connectivity index is 1.95. The van der Waals surface area contributed by atoms with Crippen molar-refractivity contribution in [3.63, 3.8) is 0 Å². The summed E-state index contributed by atoms with van der Waals surface area (Å²) in [6, 6.07) is 7.73. The quantitative estimate of drug-likeness (QED) is 0.814. The summed E-state index contributed by atoms with van der Waals surface area (Å²) in [4.78, 5) is 19.1. The van der Waals surface area contributed by atoms with Crippen LogP contribution in [0, 0.1) is 18.8 Å². The predicted molar refractivity (Wildman–Crippen MR) is 97.2 cm³/mol. The number of nitrogens with zero attached hydrogens (tertiary/aromatic N) is 3. The molecular formula is C19H31N3O2. The van der Waals surface area contributed by atoms with Gasteiger partial charge >= 0.3 is 0 Å². The summed E-state index contributed by atoms with van der Waals surface area (Å²) in [6.07, 6.45) is 0. The van der Waals surface area contributed by atoms with E-state index >= 15 is 0 Å². The van der Waals surface area contributed by atoms with E-state index in [1.165, 1.54) is 0 Å². The maximum absolute atomic E-state index is 12.7. The van der Waals surface area contributed by atoms with Gasteiger partial charge in [-0.3, -0.25) is 4.79 Å². The van der Waals surface area contributed by atoms with Gasteiger partial charge in [0.25, 0.3) is 5.91 Å². The highest BCUT2D eigenvalue weighted by molar-refractivity contribution is 5.94. The molecule has 2 atom stereocenters. The molecule has 1 heterocycles. The van der Waals surface area contributed by atoms with Crippen LogP contribution in [-0.4, -0.2) is 86.2 Å². The van der Waals surface area contributed by atoms with Crippen molar-refractivity contribution in [3.05, 3.63) is 35.4 Å². The van der Waals surface area contributed by atoms with Gasteiger partial charge in [-0.2, -0.15) is 0 Å². The second kappa shape index (κ2) is 8.60. The average Bonchev–Trinajstić information content (AvgIpc) is 2.96. The number of aliphatic hydroxyl groups excluding tert-OH is 1. The van der Waals surface area contributed by atoms with Crippen molar-refractivity contribution in [1.82, 2.24) is 14.7 Å². The molecule has 2 rings (SSSR count). The number of aliphatic hydroxyl groups is 1. The Bertz CT molecular complexity index is 530. The molecule has 0 aromatic heterocycles. The van der Waals surface area contributed by atoms with Gasteiger partial charge in [-0.05, 0) is 46.1 Å². The van der Waals surface area contributed by atoms with Crippen LogP contribution in [0.2, 0.25) is 0 Å². The SMILES string of the molecule is Cc1ccc(C(=O)N2C[C@@H](CN(C)CCN(C)C)[C@@H](CO)C2)cc1. The van der Waals surface area contributed by atoms with Crippen molar-refractivity contribution >= 4 is 5.91 Å². The molecule has 1 saturated heterocycles. The molecule has 1 aromatic carbocycles. The molecule has 24 heavy (non-hydrogen) atoms. The van der Waals surface area contributed by atoms with Crippen molar-refractivity contribution in [3.8, 4) is 0 Å². The van der Waals surface area contributed by atoms with Crippen molar-refractivity contribution in [2.24, 2.45) is 11.8 Å². The highest BCUT2D eigenvalue weighted by Gasteiger charge is 2.35. The molecule has 134 valence electrons. The summed E-state index contributed by atoms with van der Waals surface area (Å²) < 4.78 is 0. The van der Waals surface area contributed by atoms with E-state index in [-0.39, 0.29) is 18.4 Å². The van der Waals surface area contributed by atoms with Crippen LogP contribution in [0.15, 0.2) is 24.3 Å². The van der Waals surface area contributed by atoms with E-state index in [9.17, 15) is 9.90 Å². The summed E-state index contributed by atoms with van der Waals surface area (Å²) in [6.45, 7) is 6.46. The number of carbonyl (C=O) groups is 1. The first-order valence-electron chi connectivity index (χ1n) is 8.70. The topological polar surface area (TPSA) is 47.0 Å². The molecule has 0 radical (unpaired) electrons. The Hall–Kier alpha value is -1.43. The van der Waals surface area contributed by atoms with E-state index in [2.05, 4.69) is 30.9 Å². The number of benzene rings is 1. The molecule has 0 spiro atoms. The first-order chi connectivity index (χ1) is 11.4. The van der Waals surface area contributed by atoms with Crippen molar-refractivity contribution < 1.29 is 9.90 Å². The lowest BCUT2D eigenvalue weighted by molar-refractivity contribution is 0.0779. The fraction of sp³-hybridized carbons (Fsp3) is 0.632. The van der Waals surface area contributed by atoms with E-state index in [4.69, 9.17) is 0 Å². The maximum atomic E-state index is 12.7. The van der Waals surface area contributed by atoms with E-state index in [1.54, 1.807) is 0 Å².